The molecule has 0 aliphatic heterocycles. The molecule has 10 heavy (non-hydrogen) atoms. The summed E-state index contributed by atoms with van der Waals surface area (Å²) in [6.07, 6.45) is 1.04. The number of ketones is 1. The van der Waals surface area contributed by atoms with E-state index in [1.54, 1.807) is 0 Å². The summed E-state index contributed by atoms with van der Waals surface area (Å²) in [6.45, 7) is 4.59. The lowest BCUT2D eigenvalue weighted by molar-refractivity contribution is -0.123. The van der Waals surface area contributed by atoms with Crippen LogP contribution in [-0.2, 0) is 4.79 Å². The highest BCUT2D eigenvalue weighted by atomic mass is 16.1. The molecule has 2 N–H and O–H groups in total. The molecule has 2 unspecified atom stereocenters. The van der Waals surface area contributed by atoms with Gasteiger partial charge in [0.1, 0.15) is 5.78 Å². The van der Waals surface area contributed by atoms with E-state index in [4.69, 9.17) is 5.73 Å². The lowest BCUT2D eigenvalue weighted by Gasteiger charge is -2.00. The number of carbonyl (C=O) groups excluding carboxylic acids is 1. The molecule has 0 aromatic rings. The van der Waals surface area contributed by atoms with Crippen molar-refractivity contribution in [3.8, 4) is 0 Å². The standard InChI is InChI=1S/C8H15NO/c1-5(2)8(10)7-3-6(7)4-9/h5-7H,3-4,9H2,1-2H3. The molecule has 2 nitrogen and oxygen atoms in total. The van der Waals surface area contributed by atoms with E-state index in [9.17, 15) is 4.79 Å². The zero-order valence-electron chi connectivity index (χ0n) is 6.63. The average molecular weight is 141 g/mol. The van der Waals surface area contributed by atoms with E-state index in [1.807, 2.05) is 13.8 Å². The normalized spacial score (nSPS) is 30.8. The van der Waals surface area contributed by atoms with Crippen LogP contribution in [0.1, 0.15) is 20.3 Å². The highest BCUT2D eigenvalue weighted by molar-refractivity contribution is 5.85. The van der Waals surface area contributed by atoms with Crippen molar-refractivity contribution in [1.82, 2.24) is 0 Å². The molecule has 0 aromatic heterocycles. The Hall–Kier alpha value is -0.370. The second kappa shape index (κ2) is 2.70. The van der Waals surface area contributed by atoms with Crippen molar-refractivity contribution in [2.75, 3.05) is 6.54 Å². The molecule has 0 saturated heterocycles. The Bertz CT molecular complexity index is 142. The summed E-state index contributed by atoms with van der Waals surface area (Å²) in [5.41, 5.74) is 5.41. The molecule has 2 atom stereocenters. The van der Waals surface area contributed by atoms with Gasteiger partial charge in [-0.3, -0.25) is 4.79 Å². The Kier molecular flexibility index (Phi) is 2.09. The van der Waals surface area contributed by atoms with E-state index in [-0.39, 0.29) is 5.92 Å². The molecule has 1 rings (SSSR count). The quantitative estimate of drug-likeness (QED) is 0.632. The molecule has 2 heteroatoms. The fourth-order valence-corrected chi connectivity index (χ4v) is 1.28. The third kappa shape index (κ3) is 1.37. The molecule has 0 aromatic carbocycles. The first-order valence-electron chi connectivity index (χ1n) is 3.90. The second-order valence-corrected chi connectivity index (χ2v) is 3.40. The molecule has 1 aliphatic carbocycles. The fourth-order valence-electron chi connectivity index (χ4n) is 1.28. The van der Waals surface area contributed by atoms with Crippen molar-refractivity contribution in [3.05, 3.63) is 0 Å². The van der Waals surface area contributed by atoms with Crippen LogP contribution in [0, 0.1) is 17.8 Å². The maximum absolute atomic E-state index is 11.2. The van der Waals surface area contributed by atoms with Gasteiger partial charge in [-0.05, 0) is 18.9 Å². The predicted octanol–water partition coefficient (Wildman–Crippen LogP) is 0.806. The smallest absolute Gasteiger partial charge is 0.138 e. The third-order valence-corrected chi connectivity index (χ3v) is 2.16. The Morgan fingerprint density at radius 2 is 2.30 bits per heavy atom. The van der Waals surface area contributed by atoms with Gasteiger partial charge >= 0.3 is 0 Å². The minimum absolute atomic E-state index is 0.196. The molecule has 1 aliphatic rings. The summed E-state index contributed by atoms with van der Waals surface area (Å²) in [5, 5.41) is 0. The second-order valence-electron chi connectivity index (χ2n) is 3.40. The predicted molar refractivity (Wildman–Crippen MR) is 40.5 cm³/mol. The van der Waals surface area contributed by atoms with Crippen molar-refractivity contribution < 1.29 is 4.79 Å². The maximum atomic E-state index is 11.2. The molecule has 0 radical (unpaired) electrons. The van der Waals surface area contributed by atoms with Crippen molar-refractivity contribution in [1.29, 1.82) is 0 Å². The fraction of sp³-hybridized carbons (Fsp3) is 0.875. The zero-order valence-corrected chi connectivity index (χ0v) is 6.63. The molecular formula is C8H15NO. The van der Waals surface area contributed by atoms with Crippen LogP contribution >= 0.6 is 0 Å². The summed E-state index contributed by atoms with van der Waals surface area (Å²) in [7, 11) is 0. The van der Waals surface area contributed by atoms with Crippen LogP contribution < -0.4 is 5.73 Å². The molecular weight excluding hydrogens is 126 g/mol. The van der Waals surface area contributed by atoms with Gasteiger partial charge in [0.2, 0.25) is 0 Å². The monoisotopic (exact) mass is 141 g/mol. The van der Waals surface area contributed by atoms with Gasteiger partial charge < -0.3 is 5.73 Å². The highest BCUT2D eigenvalue weighted by Gasteiger charge is 2.41. The van der Waals surface area contributed by atoms with Gasteiger partial charge in [0.05, 0.1) is 0 Å². The van der Waals surface area contributed by atoms with E-state index in [0.717, 1.165) is 6.42 Å². The Morgan fingerprint density at radius 1 is 1.70 bits per heavy atom. The number of hydrogen-bond donors (Lipinski definition) is 1. The van der Waals surface area contributed by atoms with E-state index in [0.29, 0.717) is 24.2 Å². The summed E-state index contributed by atoms with van der Waals surface area (Å²) < 4.78 is 0. The summed E-state index contributed by atoms with van der Waals surface area (Å²) >= 11 is 0. The molecule has 1 fully saturated rings. The van der Waals surface area contributed by atoms with E-state index < -0.39 is 0 Å². The largest absolute Gasteiger partial charge is 0.330 e. The molecule has 0 bridgehead atoms. The Balaban J connectivity index is 2.33. The molecule has 0 heterocycles. The van der Waals surface area contributed by atoms with E-state index in [2.05, 4.69) is 0 Å². The first-order chi connectivity index (χ1) is 4.66. The van der Waals surface area contributed by atoms with Crippen LogP contribution in [0.5, 0.6) is 0 Å². The number of Topliss-reactive ketones (excluding diaryl/α,β-unsaturated/α-hetero) is 1. The van der Waals surface area contributed by atoms with E-state index >= 15 is 0 Å². The van der Waals surface area contributed by atoms with Crippen LogP contribution in [0.2, 0.25) is 0 Å². The zero-order chi connectivity index (χ0) is 7.72. The molecule has 58 valence electrons. The van der Waals surface area contributed by atoms with Crippen molar-refractivity contribution in [2.45, 2.75) is 20.3 Å². The summed E-state index contributed by atoms with van der Waals surface area (Å²) in [6, 6.07) is 0. The van der Waals surface area contributed by atoms with Crippen LogP contribution in [0.25, 0.3) is 0 Å². The Labute approximate surface area is 61.8 Å². The van der Waals surface area contributed by atoms with Gasteiger partial charge in [-0.15, -0.1) is 0 Å². The minimum Gasteiger partial charge on any atom is -0.330 e. The number of carbonyl (C=O) groups is 1. The van der Waals surface area contributed by atoms with Gasteiger partial charge in [-0.1, -0.05) is 13.8 Å². The van der Waals surface area contributed by atoms with Gasteiger partial charge in [-0.25, -0.2) is 0 Å². The number of nitrogens with two attached hydrogens (primary N) is 1. The van der Waals surface area contributed by atoms with E-state index in [1.165, 1.54) is 0 Å². The third-order valence-electron chi connectivity index (χ3n) is 2.16. The topological polar surface area (TPSA) is 43.1 Å². The average Bonchev–Trinajstić information content (AvgIpc) is 2.64. The van der Waals surface area contributed by atoms with Gasteiger partial charge in [0, 0.05) is 11.8 Å². The molecule has 0 amide bonds. The summed E-state index contributed by atoms with van der Waals surface area (Å²) in [5.74, 6) is 1.41. The van der Waals surface area contributed by atoms with Crippen LogP contribution in [0.3, 0.4) is 0 Å². The molecule has 1 saturated carbocycles. The van der Waals surface area contributed by atoms with Gasteiger partial charge in [0.15, 0.2) is 0 Å². The number of rotatable bonds is 3. The van der Waals surface area contributed by atoms with Crippen LogP contribution in [-0.4, -0.2) is 12.3 Å². The Morgan fingerprint density at radius 3 is 2.60 bits per heavy atom. The summed E-state index contributed by atoms with van der Waals surface area (Å²) in [4.78, 5) is 11.2. The van der Waals surface area contributed by atoms with Crippen molar-refractivity contribution in [3.63, 3.8) is 0 Å². The van der Waals surface area contributed by atoms with Crippen molar-refractivity contribution >= 4 is 5.78 Å². The lowest BCUT2D eigenvalue weighted by atomic mass is 10.0. The van der Waals surface area contributed by atoms with Gasteiger partial charge in [-0.2, -0.15) is 0 Å². The highest BCUT2D eigenvalue weighted by Crippen LogP contribution is 2.39. The molecule has 0 spiro atoms. The maximum Gasteiger partial charge on any atom is 0.138 e. The SMILES string of the molecule is CC(C)C(=O)C1CC1CN. The van der Waals surface area contributed by atoms with Crippen LogP contribution in [0.4, 0.5) is 0 Å². The minimum atomic E-state index is 0.196. The first kappa shape index (κ1) is 7.73. The van der Waals surface area contributed by atoms with Crippen LogP contribution in [0.15, 0.2) is 0 Å². The van der Waals surface area contributed by atoms with Gasteiger partial charge in [0.25, 0.3) is 0 Å². The first-order valence-corrected chi connectivity index (χ1v) is 3.90. The van der Waals surface area contributed by atoms with Crippen molar-refractivity contribution in [2.24, 2.45) is 23.5 Å². The number of hydrogen-bond acceptors (Lipinski definition) is 2. The lowest BCUT2D eigenvalue weighted by Crippen LogP contribution is -2.13.